The van der Waals surface area contributed by atoms with Gasteiger partial charge in [-0.3, -0.25) is 4.79 Å². The number of benzene rings is 2. The molecule has 1 saturated carbocycles. The van der Waals surface area contributed by atoms with Crippen LogP contribution in [0.5, 0.6) is 0 Å². The Bertz CT molecular complexity index is 953. The number of hydrogen-bond acceptors (Lipinski definition) is 1. The van der Waals surface area contributed by atoms with Crippen molar-refractivity contribution in [1.29, 1.82) is 0 Å². The van der Waals surface area contributed by atoms with E-state index >= 15 is 0 Å². The molecule has 3 nitrogen and oxygen atoms in total. The highest BCUT2D eigenvalue weighted by Gasteiger charge is 2.52. The third-order valence-corrected chi connectivity index (χ3v) is 4.99. The minimum absolute atomic E-state index is 0.0126. The number of aromatic amines is 1. The van der Waals surface area contributed by atoms with Gasteiger partial charge in [-0.2, -0.15) is 0 Å². The number of rotatable bonds is 3. The zero-order valence-electron chi connectivity index (χ0n) is 13.7. The van der Waals surface area contributed by atoms with E-state index in [1.165, 1.54) is 12.1 Å². The fourth-order valence-corrected chi connectivity index (χ4v) is 3.34. The molecule has 0 saturated heterocycles. The Kier molecular flexibility index (Phi) is 3.23. The Labute approximate surface area is 139 Å². The van der Waals surface area contributed by atoms with E-state index < -0.39 is 5.41 Å². The van der Waals surface area contributed by atoms with Crippen molar-refractivity contribution in [2.24, 2.45) is 0 Å². The van der Waals surface area contributed by atoms with Gasteiger partial charge in [0.15, 0.2) is 0 Å². The summed E-state index contributed by atoms with van der Waals surface area (Å²) in [6.07, 6.45) is 3.42. The Morgan fingerprint density at radius 1 is 1.17 bits per heavy atom. The molecule has 0 atom stereocenters. The maximum absolute atomic E-state index is 13.6. The van der Waals surface area contributed by atoms with Crippen LogP contribution in [0, 0.1) is 19.7 Å². The fraction of sp³-hybridized carbons (Fsp3) is 0.250. The van der Waals surface area contributed by atoms with Crippen LogP contribution in [0.25, 0.3) is 10.9 Å². The van der Waals surface area contributed by atoms with Crippen molar-refractivity contribution >= 4 is 22.5 Å². The molecule has 1 fully saturated rings. The first-order valence-electron chi connectivity index (χ1n) is 8.15. The van der Waals surface area contributed by atoms with E-state index in [1.54, 1.807) is 6.07 Å². The van der Waals surface area contributed by atoms with Gasteiger partial charge in [0.1, 0.15) is 5.82 Å². The molecule has 1 aromatic heterocycles. The number of carbonyl (C=O) groups is 1. The summed E-state index contributed by atoms with van der Waals surface area (Å²) >= 11 is 0. The Morgan fingerprint density at radius 2 is 1.96 bits per heavy atom. The highest BCUT2D eigenvalue weighted by atomic mass is 19.1. The van der Waals surface area contributed by atoms with E-state index in [-0.39, 0.29) is 11.7 Å². The van der Waals surface area contributed by atoms with Gasteiger partial charge in [-0.25, -0.2) is 4.39 Å². The molecule has 1 heterocycles. The normalized spacial score (nSPS) is 15.5. The second-order valence-electron chi connectivity index (χ2n) is 6.75. The van der Waals surface area contributed by atoms with Gasteiger partial charge in [0.05, 0.1) is 5.41 Å². The molecule has 3 aromatic rings. The van der Waals surface area contributed by atoms with Gasteiger partial charge >= 0.3 is 0 Å². The van der Waals surface area contributed by atoms with Gasteiger partial charge in [0.2, 0.25) is 5.91 Å². The van der Waals surface area contributed by atoms with Crippen LogP contribution in [0.4, 0.5) is 10.1 Å². The lowest BCUT2D eigenvalue weighted by Gasteiger charge is -2.16. The highest BCUT2D eigenvalue weighted by molar-refractivity contribution is 6.04. The summed E-state index contributed by atoms with van der Waals surface area (Å²) in [6.45, 7) is 3.99. The zero-order chi connectivity index (χ0) is 16.9. The van der Waals surface area contributed by atoms with E-state index in [9.17, 15) is 9.18 Å². The van der Waals surface area contributed by atoms with Gasteiger partial charge in [-0.1, -0.05) is 12.1 Å². The summed E-state index contributed by atoms with van der Waals surface area (Å²) in [6, 6.07) is 10.7. The molecule has 122 valence electrons. The zero-order valence-corrected chi connectivity index (χ0v) is 13.7. The Balaban J connectivity index is 1.71. The fourth-order valence-electron chi connectivity index (χ4n) is 3.34. The van der Waals surface area contributed by atoms with E-state index in [4.69, 9.17) is 0 Å². The Hall–Kier alpha value is -2.62. The van der Waals surface area contributed by atoms with E-state index in [0.29, 0.717) is 0 Å². The number of carbonyl (C=O) groups excluding carboxylic acids is 1. The first-order valence-corrected chi connectivity index (χ1v) is 8.15. The van der Waals surface area contributed by atoms with Crippen LogP contribution < -0.4 is 5.32 Å². The van der Waals surface area contributed by atoms with Crippen LogP contribution in [0.2, 0.25) is 0 Å². The smallest absolute Gasteiger partial charge is 0.235 e. The number of aryl methyl sites for hydroxylation is 2. The average Bonchev–Trinajstić information content (AvgIpc) is 3.25. The standard InChI is InChI=1S/C20H19FN2O/c1-12-3-4-13(2)18(9-12)23-19(24)20(7-8-20)16-11-22-17-6-5-14(21)10-15(16)17/h3-6,9-11,22H,7-8H2,1-2H3,(H,23,24). The maximum Gasteiger partial charge on any atom is 0.235 e. The van der Waals surface area contributed by atoms with Gasteiger partial charge in [-0.05, 0) is 67.6 Å². The molecule has 2 N–H and O–H groups in total. The van der Waals surface area contributed by atoms with Gasteiger partial charge < -0.3 is 10.3 Å². The van der Waals surface area contributed by atoms with E-state index in [1.807, 2.05) is 38.2 Å². The van der Waals surface area contributed by atoms with Crippen LogP contribution in [0.1, 0.15) is 29.5 Å². The molecule has 0 radical (unpaired) electrons. The van der Waals surface area contributed by atoms with Crippen molar-refractivity contribution in [3.63, 3.8) is 0 Å². The van der Waals surface area contributed by atoms with Crippen LogP contribution in [-0.4, -0.2) is 10.9 Å². The van der Waals surface area contributed by atoms with Gasteiger partial charge in [0.25, 0.3) is 0 Å². The number of hydrogen-bond donors (Lipinski definition) is 2. The summed E-state index contributed by atoms with van der Waals surface area (Å²) in [4.78, 5) is 16.1. The quantitative estimate of drug-likeness (QED) is 0.727. The predicted octanol–water partition coefficient (Wildman–Crippen LogP) is 4.59. The molecule has 0 bridgehead atoms. The van der Waals surface area contributed by atoms with Gasteiger partial charge in [-0.15, -0.1) is 0 Å². The maximum atomic E-state index is 13.6. The van der Waals surface area contributed by atoms with Crippen molar-refractivity contribution in [3.05, 3.63) is 65.1 Å². The summed E-state index contributed by atoms with van der Waals surface area (Å²) in [7, 11) is 0. The predicted molar refractivity (Wildman–Crippen MR) is 93.7 cm³/mol. The third-order valence-electron chi connectivity index (χ3n) is 4.99. The summed E-state index contributed by atoms with van der Waals surface area (Å²) < 4.78 is 13.6. The molecule has 1 aliphatic rings. The second kappa shape index (κ2) is 5.20. The highest BCUT2D eigenvalue weighted by Crippen LogP contribution is 2.51. The van der Waals surface area contributed by atoms with Crippen LogP contribution in [0.3, 0.4) is 0 Å². The molecular formula is C20H19FN2O. The molecule has 4 heteroatoms. The molecule has 2 aromatic carbocycles. The number of H-pyrrole nitrogens is 1. The SMILES string of the molecule is Cc1ccc(C)c(NC(=O)C2(c3c[nH]c4ccc(F)cc34)CC2)c1. The van der Waals surface area contributed by atoms with Crippen molar-refractivity contribution in [2.75, 3.05) is 5.32 Å². The lowest BCUT2D eigenvalue weighted by atomic mass is 9.94. The lowest BCUT2D eigenvalue weighted by Crippen LogP contribution is -2.28. The number of anilines is 1. The van der Waals surface area contributed by atoms with Gasteiger partial charge in [0, 0.05) is 22.8 Å². The van der Waals surface area contributed by atoms with Crippen LogP contribution in [0.15, 0.2) is 42.6 Å². The molecule has 4 rings (SSSR count). The largest absolute Gasteiger partial charge is 0.361 e. The number of amides is 1. The number of nitrogens with one attached hydrogen (secondary N) is 2. The molecule has 1 aliphatic carbocycles. The molecule has 1 amide bonds. The van der Waals surface area contributed by atoms with E-state index in [0.717, 1.165) is 46.1 Å². The summed E-state index contributed by atoms with van der Waals surface area (Å²) in [5.74, 6) is -0.296. The first kappa shape index (κ1) is 14.9. The van der Waals surface area contributed by atoms with Crippen molar-refractivity contribution in [3.8, 4) is 0 Å². The monoisotopic (exact) mass is 322 g/mol. The molecule has 0 spiro atoms. The molecule has 24 heavy (non-hydrogen) atoms. The van der Waals surface area contributed by atoms with Crippen molar-refractivity contribution in [1.82, 2.24) is 4.98 Å². The Morgan fingerprint density at radius 3 is 2.71 bits per heavy atom. The second-order valence-corrected chi connectivity index (χ2v) is 6.75. The number of halogens is 1. The minimum Gasteiger partial charge on any atom is -0.361 e. The van der Waals surface area contributed by atoms with Crippen molar-refractivity contribution in [2.45, 2.75) is 32.1 Å². The third kappa shape index (κ3) is 2.30. The number of aromatic nitrogens is 1. The lowest BCUT2D eigenvalue weighted by molar-refractivity contribution is -0.118. The topological polar surface area (TPSA) is 44.9 Å². The summed E-state index contributed by atoms with van der Waals surface area (Å²) in [5.41, 5.74) is 4.18. The molecule has 0 aliphatic heterocycles. The minimum atomic E-state index is -0.553. The molecular weight excluding hydrogens is 303 g/mol. The van der Waals surface area contributed by atoms with E-state index in [2.05, 4.69) is 10.3 Å². The molecule has 0 unspecified atom stereocenters. The first-order chi connectivity index (χ1) is 11.5. The summed E-state index contributed by atoms with van der Waals surface area (Å²) in [5, 5.41) is 3.87. The van der Waals surface area contributed by atoms with Crippen molar-refractivity contribution < 1.29 is 9.18 Å². The number of fused-ring (bicyclic) bond motifs is 1. The van der Waals surface area contributed by atoms with Crippen LogP contribution >= 0.6 is 0 Å². The average molecular weight is 322 g/mol. The van der Waals surface area contributed by atoms with Crippen LogP contribution in [-0.2, 0) is 10.2 Å².